The monoisotopic (exact) mass is 236 g/mol. The minimum Gasteiger partial charge on any atom is -0.223 e. The van der Waals surface area contributed by atoms with Crippen LogP contribution in [0.5, 0.6) is 0 Å². The van der Waals surface area contributed by atoms with Crippen LogP contribution in [0.25, 0.3) is 11.3 Å². The molecule has 2 aromatic rings. The van der Waals surface area contributed by atoms with E-state index < -0.39 is 5.82 Å². The van der Waals surface area contributed by atoms with Crippen LogP contribution in [0.3, 0.4) is 0 Å². The average molecular weight is 237 g/mol. The van der Waals surface area contributed by atoms with Gasteiger partial charge in [0.05, 0.1) is 6.20 Å². The number of hydrogen-bond acceptors (Lipinski definition) is 2. The van der Waals surface area contributed by atoms with Gasteiger partial charge in [0.2, 0.25) is 5.28 Å². The summed E-state index contributed by atoms with van der Waals surface area (Å²) in [5.41, 5.74) is 3.09. The maximum absolute atomic E-state index is 13.6. The van der Waals surface area contributed by atoms with Crippen molar-refractivity contribution in [3.8, 4) is 11.3 Å². The number of aromatic nitrogens is 2. The summed E-state index contributed by atoms with van der Waals surface area (Å²) in [6.07, 6.45) is 1.09. The minimum atomic E-state index is -0.460. The van der Waals surface area contributed by atoms with Crippen LogP contribution in [-0.4, -0.2) is 9.97 Å². The highest BCUT2D eigenvalue weighted by molar-refractivity contribution is 6.28. The summed E-state index contributed by atoms with van der Waals surface area (Å²) >= 11 is 5.67. The van der Waals surface area contributed by atoms with Crippen molar-refractivity contribution >= 4 is 11.6 Å². The van der Waals surface area contributed by atoms with Crippen molar-refractivity contribution in [2.45, 2.75) is 13.8 Å². The molecular weight excluding hydrogens is 227 g/mol. The Bertz CT molecular complexity index is 541. The number of halogens is 2. The third-order valence-corrected chi connectivity index (χ3v) is 2.76. The van der Waals surface area contributed by atoms with Gasteiger partial charge in [0, 0.05) is 5.56 Å². The maximum Gasteiger partial charge on any atom is 0.223 e. The van der Waals surface area contributed by atoms with Crippen LogP contribution in [0, 0.1) is 19.7 Å². The molecule has 2 nitrogen and oxygen atoms in total. The van der Waals surface area contributed by atoms with Gasteiger partial charge in [0.15, 0.2) is 5.82 Å². The summed E-state index contributed by atoms with van der Waals surface area (Å²) < 4.78 is 13.6. The first-order valence-corrected chi connectivity index (χ1v) is 5.22. The standard InChI is InChI=1S/C12H10ClFN2/c1-7-4-3-5-9(8(7)2)11-10(14)6-15-12(13)16-11/h3-6H,1-2H3. The molecule has 2 rings (SSSR count). The summed E-state index contributed by atoms with van der Waals surface area (Å²) in [7, 11) is 0. The highest BCUT2D eigenvalue weighted by atomic mass is 35.5. The summed E-state index contributed by atoms with van der Waals surface area (Å²) in [5, 5.41) is 0.0531. The molecule has 4 heteroatoms. The molecule has 82 valence electrons. The first-order valence-electron chi connectivity index (χ1n) is 4.84. The predicted molar refractivity (Wildman–Crippen MR) is 61.9 cm³/mol. The Morgan fingerprint density at radius 3 is 2.75 bits per heavy atom. The van der Waals surface area contributed by atoms with E-state index in [2.05, 4.69) is 9.97 Å². The van der Waals surface area contributed by atoms with Gasteiger partial charge in [-0.25, -0.2) is 14.4 Å². The third kappa shape index (κ3) is 1.91. The van der Waals surface area contributed by atoms with E-state index in [0.29, 0.717) is 0 Å². The molecule has 0 aliphatic carbocycles. The van der Waals surface area contributed by atoms with Crippen molar-refractivity contribution in [1.29, 1.82) is 0 Å². The maximum atomic E-state index is 13.6. The number of hydrogen-bond donors (Lipinski definition) is 0. The molecule has 0 radical (unpaired) electrons. The van der Waals surface area contributed by atoms with Gasteiger partial charge >= 0.3 is 0 Å². The second-order valence-electron chi connectivity index (χ2n) is 3.58. The zero-order valence-corrected chi connectivity index (χ0v) is 9.72. The van der Waals surface area contributed by atoms with Crippen LogP contribution in [0.15, 0.2) is 24.4 Å². The van der Waals surface area contributed by atoms with Gasteiger partial charge in [-0.2, -0.15) is 0 Å². The van der Waals surface area contributed by atoms with E-state index in [1.807, 2.05) is 32.0 Å². The fourth-order valence-electron chi connectivity index (χ4n) is 1.54. The van der Waals surface area contributed by atoms with E-state index in [0.717, 1.165) is 22.9 Å². The average Bonchev–Trinajstić information content (AvgIpc) is 2.26. The van der Waals surface area contributed by atoms with Gasteiger partial charge in [-0.15, -0.1) is 0 Å². The molecule has 0 bridgehead atoms. The molecule has 0 aliphatic rings. The van der Waals surface area contributed by atoms with Gasteiger partial charge in [0.1, 0.15) is 5.69 Å². The number of rotatable bonds is 1. The molecule has 0 fully saturated rings. The van der Waals surface area contributed by atoms with E-state index in [4.69, 9.17) is 11.6 Å². The lowest BCUT2D eigenvalue weighted by atomic mass is 10.0. The lowest BCUT2D eigenvalue weighted by Crippen LogP contribution is -1.95. The summed E-state index contributed by atoms with van der Waals surface area (Å²) in [6.45, 7) is 3.90. The lowest BCUT2D eigenvalue weighted by Gasteiger charge is -2.08. The molecule has 0 aliphatic heterocycles. The van der Waals surface area contributed by atoms with Crippen LogP contribution in [0.4, 0.5) is 4.39 Å². The first-order chi connectivity index (χ1) is 7.59. The highest BCUT2D eigenvalue weighted by Gasteiger charge is 2.11. The van der Waals surface area contributed by atoms with Crippen molar-refractivity contribution in [3.63, 3.8) is 0 Å². The van der Waals surface area contributed by atoms with Gasteiger partial charge < -0.3 is 0 Å². The third-order valence-electron chi connectivity index (χ3n) is 2.57. The number of benzene rings is 1. The van der Waals surface area contributed by atoms with E-state index in [1.165, 1.54) is 0 Å². The molecule has 0 amide bonds. The molecule has 1 heterocycles. The van der Waals surface area contributed by atoms with Crippen molar-refractivity contribution in [3.05, 3.63) is 46.6 Å². The molecule has 0 saturated heterocycles. The molecule has 0 atom stereocenters. The highest BCUT2D eigenvalue weighted by Crippen LogP contribution is 2.26. The normalized spacial score (nSPS) is 10.5. The molecule has 16 heavy (non-hydrogen) atoms. The Hall–Kier alpha value is -1.48. The Kier molecular flexibility index (Phi) is 2.88. The van der Waals surface area contributed by atoms with E-state index >= 15 is 0 Å². The Morgan fingerprint density at radius 2 is 2.00 bits per heavy atom. The predicted octanol–water partition coefficient (Wildman–Crippen LogP) is 3.55. The molecule has 0 N–H and O–H groups in total. The van der Waals surface area contributed by atoms with Crippen molar-refractivity contribution in [1.82, 2.24) is 9.97 Å². The molecule has 1 aromatic carbocycles. The summed E-state index contributed by atoms with van der Waals surface area (Å²) in [6, 6.07) is 5.66. The van der Waals surface area contributed by atoms with Crippen molar-refractivity contribution in [2.75, 3.05) is 0 Å². The van der Waals surface area contributed by atoms with Crippen LogP contribution >= 0.6 is 11.6 Å². The lowest BCUT2D eigenvalue weighted by molar-refractivity contribution is 0.618. The Labute approximate surface area is 98.1 Å². The number of nitrogens with zero attached hydrogens (tertiary/aromatic N) is 2. The van der Waals surface area contributed by atoms with Gasteiger partial charge in [-0.1, -0.05) is 18.2 Å². The molecule has 1 aromatic heterocycles. The molecule has 0 unspecified atom stereocenters. The van der Waals surface area contributed by atoms with Crippen LogP contribution < -0.4 is 0 Å². The summed E-state index contributed by atoms with van der Waals surface area (Å²) in [5.74, 6) is -0.460. The van der Waals surface area contributed by atoms with Gasteiger partial charge in [0.25, 0.3) is 0 Å². The van der Waals surface area contributed by atoms with Crippen LogP contribution in [-0.2, 0) is 0 Å². The van der Waals surface area contributed by atoms with Gasteiger partial charge in [-0.05, 0) is 36.6 Å². The van der Waals surface area contributed by atoms with Crippen LogP contribution in [0.1, 0.15) is 11.1 Å². The topological polar surface area (TPSA) is 25.8 Å². The minimum absolute atomic E-state index is 0.0531. The fourth-order valence-corrected chi connectivity index (χ4v) is 1.68. The molecule has 0 spiro atoms. The summed E-state index contributed by atoms with van der Waals surface area (Å²) in [4.78, 5) is 7.52. The first kappa shape index (κ1) is 11.0. The zero-order chi connectivity index (χ0) is 11.7. The van der Waals surface area contributed by atoms with E-state index in [1.54, 1.807) is 0 Å². The van der Waals surface area contributed by atoms with E-state index in [9.17, 15) is 4.39 Å². The van der Waals surface area contributed by atoms with Crippen molar-refractivity contribution < 1.29 is 4.39 Å². The largest absolute Gasteiger partial charge is 0.223 e. The SMILES string of the molecule is Cc1cccc(-c2nc(Cl)ncc2F)c1C. The fraction of sp³-hybridized carbons (Fsp3) is 0.167. The van der Waals surface area contributed by atoms with Crippen LogP contribution in [0.2, 0.25) is 5.28 Å². The van der Waals surface area contributed by atoms with Crippen molar-refractivity contribution in [2.24, 2.45) is 0 Å². The quantitative estimate of drug-likeness (QED) is 0.708. The molecule has 0 saturated carbocycles. The van der Waals surface area contributed by atoms with Gasteiger partial charge in [-0.3, -0.25) is 0 Å². The smallest absolute Gasteiger partial charge is 0.223 e. The van der Waals surface area contributed by atoms with E-state index in [-0.39, 0.29) is 11.0 Å². The zero-order valence-electron chi connectivity index (χ0n) is 8.96. The Morgan fingerprint density at radius 1 is 1.25 bits per heavy atom. The Balaban J connectivity index is 2.67. The molecular formula is C12H10ClFN2. The second kappa shape index (κ2) is 4.18. The number of aryl methyl sites for hydroxylation is 1. The second-order valence-corrected chi connectivity index (χ2v) is 3.92.